The lowest BCUT2D eigenvalue weighted by Gasteiger charge is -1.96. The molecular formula is C10H10Cl3N5S2. The molecular weight excluding hydrogens is 361 g/mol. The Kier molecular flexibility index (Phi) is 7.68. The van der Waals surface area contributed by atoms with Gasteiger partial charge in [0.1, 0.15) is 21.3 Å². The zero-order valence-electron chi connectivity index (χ0n) is 10.5. The van der Waals surface area contributed by atoms with Crippen LogP contribution < -0.4 is 5.73 Å². The van der Waals surface area contributed by atoms with E-state index in [4.69, 9.17) is 40.5 Å². The number of anilines is 1. The van der Waals surface area contributed by atoms with Crippen LogP contribution in [0, 0.1) is 0 Å². The number of hydrogen-bond donors (Lipinski definition) is 1. The van der Waals surface area contributed by atoms with Crippen LogP contribution in [0.2, 0.25) is 15.5 Å². The number of thioether (sulfide) groups is 2. The minimum atomic E-state index is 0.379. The van der Waals surface area contributed by atoms with E-state index in [-0.39, 0.29) is 0 Å². The molecule has 0 fully saturated rings. The molecule has 0 bridgehead atoms. The Bertz CT molecular complexity index is 493. The van der Waals surface area contributed by atoms with Gasteiger partial charge in [-0.15, -0.1) is 0 Å². The standard InChI is InChI=1S/C5H4Cl2N2S.C5H6ClN3S/c2*1-10-5-8-3(6)2-4(7)9-5/h2H,1H3;2H,1H3,(H2,7,8,9). The number of halogens is 3. The molecule has 2 N–H and O–H groups in total. The van der Waals surface area contributed by atoms with E-state index in [1.54, 1.807) is 0 Å². The second-order valence-corrected chi connectivity index (χ2v) is 5.81. The number of hydrogen-bond acceptors (Lipinski definition) is 7. The molecule has 0 spiro atoms. The Morgan fingerprint density at radius 3 is 1.60 bits per heavy atom. The second kappa shape index (κ2) is 8.74. The van der Waals surface area contributed by atoms with Gasteiger partial charge in [0.15, 0.2) is 10.3 Å². The van der Waals surface area contributed by atoms with Crippen molar-refractivity contribution in [3.8, 4) is 0 Å². The van der Waals surface area contributed by atoms with Crippen molar-refractivity contribution in [2.24, 2.45) is 0 Å². The van der Waals surface area contributed by atoms with Crippen LogP contribution in [0.1, 0.15) is 0 Å². The fourth-order valence-corrected chi connectivity index (χ4v) is 2.50. The van der Waals surface area contributed by atoms with E-state index in [2.05, 4.69) is 19.9 Å². The molecule has 0 atom stereocenters. The van der Waals surface area contributed by atoms with Crippen molar-refractivity contribution in [1.82, 2.24) is 19.9 Å². The van der Waals surface area contributed by atoms with E-state index in [9.17, 15) is 0 Å². The van der Waals surface area contributed by atoms with Gasteiger partial charge in [0, 0.05) is 12.1 Å². The molecule has 0 saturated carbocycles. The molecule has 2 heterocycles. The first kappa shape index (κ1) is 17.6. The van der Waals surface area contributed by atoms with E-state index in [1.807, 2.05) is 12.5 Å². The minimum absolute atomic E-state index is 0.379. The van der Waals surface area contributed by atoms with Crippen molar-refractivity contribution in [2.75, 3.05) is 18.2 Å². The number of aromatic nitrogens is 4. The Balaban J connectivity index is 0.000000200. The van der Waals surface area contributed by atoms with Crippen molar-refractivity contribution >= 4 is 64.1 Å². The maximum atomic E-state index is 5.58. The number of nitrogens with zero attached hydrogens (tertiary/aromatic N) is 4. The van der Waals surface area contributed by atoms with Gasteiger partial charge in [-0.25, -0.2) is 19.9 Å². The molecule has 0 saturated heterocycles. The Morgan fingerprint density at radius 1 is 0.800 bits per heavy atom. The molecule has 0 radical (unpaired) electrons. The molecule has 2 aromatic rings. The van der Waals surface area contributed by atoms with Gasteiger partial charge in [-0.2, -0.15) is 0 Å². The van der Waals surface area contributed by atoms with Gasteiger partial charge >= 0.3 is 0 Å². The average molecular weight is 371 g/mol. The summed E-state index contributed by atoms with van der Waals surface area (Å²) in [5.41, 5.74) is 5.39. The average Bonchev–Trinajstić information content (AvgIpc) is 2.37. The van der Waals surface area contributed by atoms with E-state index < -0.39 is 0 Å². The van der Waals surface area contributed by atoms with E-state index in [1.165, 1.54) is 35.7 Å². The van der Waals surface area contributed by atoms with Crippen LogP contribution in [0.3, 0.4) is 0 Å². The van der Waals surface area contributed by atoms with Gasteiger partial charge in [-0.1, -0.05) is 58.3 Å². The highest BCUT2D eigenvalue weighted by atomic mass is 35.5. The van der Waals surface area contributed by atoms with Crippen molar-refractivity contribution in [1.29, 1.82) is 0 Å². The summed E-state index contributed by atoms with van der Waals surface area (Å²) in [7, 11) is 0. The zero-order chi connectivity index (χ0) is 15.1. The molecule has 20 heavy (non-hydrogen) atoms. The summed E-state index contributed by atoms with van der Waals surface area (Å²) in [5, 5.41) is 2.34. The highest BCUT2D eigenvalue weighted by molar-refractivity contribution is 7.98. The molecule has 0 aromatic carbocycles. The number of nitrogen functional groups attached to an aromatic ring is 1. The van der Waals surface area contributed by atoms with Crippen LogP contribution >= 0.6 is 58.3 Å². The quantitative estimate of drug-likeness (QED) is 0.487. The van der Waals surface area contributed by atoms with Gasteiger partial charge in [0.25, 0.3) is 0 Å². The largest absolute Gasteiger partial charge is 0.384 e. The first-order chi connectivity index (χ1) is 9.44. The van der Waals surface area contributed by atoms with Gasteiger partial charge in [0.2, 0.25) is 0 Å². The predicted molar refractivity (Wildman–Crippen MR) is 87.1 cm³/mol. The van der Waals surface area contributed by atoms with Gasteiger partial charge in [0.05, 0.1) is 0 Å². The van der Waals surface area contributed by atoms with Crippen molar-refractivity contribution in [3.05, 3.63) is 27.6 Å². The summed E-state index contributed by atoms with van der Waals surface area (Å²) < 4.78 is 0. The fraction of sp³-hybridized carbons (Fsp3) is 0.200. The molecule has 108 valence electrons. The van der Waals surface area contributed by atoms with Crippen LogP contribution in [0.4, 0.5) is 5.82 Å². The van der Waals surface area contributed by atoms with Crippen LogP contribution in [0.15, 0.2) is 22.4 Å². The second-order valence-electron chi connectivity index (χ2n) is 3.10. The maximum Gasteiger partial charge on any atom is 0.190 e. The molecule has 10 heteroatoms. The molecule has 0 amide bonds. The zero-order valence-corrected chi connectivity index (χ0v) is 14.4. The number of rotatable bonds is 2. The van der Waals surface area contributed by atoms with Gasteiger partial charge < -0.3 is 5.73 Å². The van der Waals surface area contributed by atoms with Crippen molar-refractivity contribution in [2.45, 2.75) is 10.3 Å². The Labute approximate surface area is 140 Å². The van der Waals surface area contributed by atoms with Crippen molar-refractivity contribution in [3.63, 3.8) is 0 Å². The molecule has 0 aliphatic rings. The topological polar surface area (TPSA) is 77.6 Å². The molecule has 0 unspecified atom stereocenters. The van der Waals surface area contributed by atoms with E-state index in [0.717, 1.165) is 0 Å². The fourth-order valence-electron chi connectivity index (χ4n) is 0.967. The first-order valence-electron chi connectivity index (χ1n) is 5.02. The third-order valence-corrected chi connectivity index (χ3v) is 3.38. The minimum Gasteiger partial charge on any atom is -0.384 e. The van der Waals surface area contributed by atoms with Crippen LogP contribution in [-0.4, -0.2) is 32.4 Å². The van der Waals surface area contributed by atoms with Gasteiger partial charge in [-0.3, -0.25) is 0 Å². The summed E-state index contributed by atoms with van der Waals surface area (Å²) >= 11 is 19.6. The molecule has 0 aliphatic carbocycles. The van der Waals surface area contributed by atoms with E-state index >= 15 is 0 Å². The molecule has 5 nitrogen and oxygen atoms in total. The maximum absolute atomic E-state index is 5.58. The lowest BCUT2D eigenvalue weighted by atomic mass is 10.6. The monoisotopic (exact) mass is 369 g/mol. The van der Waals surface area contributed by atoms with Crippen LogP contribution in [-0.2, 0) is 0 Å². The lowest BCUT2D eigenvalue weighted by molar-refractivity contribution is 0.971. The summed E-state index contributed by atoms with van der Waals surface area (Å²) in [6, 6.07) is 3.02. The lowest BCUT2D eigenvalue weighted by Crippen LogP contribution is -1.93. The Morgan fingerprint density at radius 2 is 1.20 bits per heavy atom. The smallest absolute Gasteiger partial charge is 0.190 e. The Hall–Kier alpha value is -0.470. The summed E-state index contributed by atoms with van der Waals surface area (Å²) in [6.45, 7) is 0. The summed E-state index contributed by atoms with van der Waals surface area (Å²) in [6.07, 6.45) is 3.73. The predicted octanol–water partition coefficient (Wildman–Crippen LogP) is 3.94. The normalized spacial score (nSPS) is 9.85. The van der Waals surface area contributed by atoms with Crippen molar-refractivity contribution < 1.29 is 0 Å². The summed E-state index contributed by atoms with van der Waals surface area (Å²) in [5.74, 6) is 0.407. The summed E-state index contributed by atoms with van der Waals surface area (Å²) in [4.78, 5) is 15.6. The highest BCUT2D eigenvalue weighted by Gasteiger charge is 1.98. The molecule has 0 aliphatic heterocycles. The third kappa shape index (κ3) is 6.32. The third-order valence-electron chi connectivity index (χ3n) is 1.70. The van der Waals surface area contributed by atoms with Gasteiger partial charge in [-0.05, 0) is 12.5 Å². The number of nitrogens with two attached hydrogens (primary N) is 1. The molecule has 2 rings (SSSR count). The SMILES string of the molecule is CSc1nc(Cl)cc(Cl)n1.CSc1nc(N)cc(Cl)n1. The van der Waals surface area contributed by atoms with Crippen LogP contribution in [0.25, 0.3) is 0 Å². The van der Waals surface area contributed by atoms with E-state index in [0.29, 0.717) is 31.6 Å². The highest BCUT2D eigenvalue weighted by Crippen LogP contribution is 2.16. The van der Waals surface area contributed by atoms with Crippen LogP contribution in [0.5, 0.6) is 0 Å². The molecule has 2 aromatic heterocycles. The first-order valence-corrected chi connectivity index (χ1v) is 8.61.